The molecule has 0 amide bonds. The maximum atomic E-state index is 7.00. The number of aliphatic hydroxyl groups excluding tert-OH is 1. The first-order valence-electron chi connectivity index (χ1n) is 6.95. The van der Waals surface area contributed by atoms with E-state index in [0.29, 0.717) is 0 Å². The Morgan fingerprint density at radius 3 is 2.00 bits per heavy atom. The standard InChI is InChI=1S/C18H16S.CH4O/c19-18(17-9-5-2-6-10-17)13-11-16(12-14-18)15-7-3-1-4-8-15;1-2/h1-13,19H,14H2;2H,1H3. The molecular weight excluding hydrogens is 276 g/mol. The molecule has 0 saturated carbocycles. The zero-order valence-electron chi connectivity index (χ0n) is 12.1. The van der Waals surface area contributed by atoms with E-state index in [2.05, 4.69) is 66.8 Å². The van der Waals surface area contributed by atoms with Gasteiger partial charge in [-0.2, -0.15) is 12.6 Å². The third kappa shape index (κ3) is 3.66. The third-order valence-electron chi connectivity index (χ3n) is 3.55. The van der Waals surface area contributed by atoms with Gasteiger partial charge >= 0.3 is 0 Å². The Balaban J connectivity index is 0.000000774. The first kappa shape index (κ1) is 15.6. The van der Waals surface area contributed by atoms with E-state index >= 15 is 0 Å². The van der Waals surface area contributed by atoms with Gasteiger partial charge in [0.05, 0.1) is 4.75 Å². The zero-order valence-corrected chi connectivity index (χ0v) is 13.0. The Hall–Kier alpha value is -1.77. The predicted molar refractivity (Wildman–Crippen MR) is 93.4 cm³/mol. The summed E-state index contributed by atoms with van der Waals surface area (Å²) in [6, 6.07) is 20.9. The number of aliphatic hydroxyl groups is 1. The fourth-order valence-corrected chi connectivity index (χ4v) is 2.73. The highest BCUT2D eigenvalue weighted by molar-refractivity contribution is 7.81. The van der Waals surface area contributed by atoms with Gasteiger partial charge in [-0.15, -0.1) is 0 Å². The van der Waals surface area contributed by atoms with Crippen molar-refractivity contribution in [2.75, 3.05) is 7.11 Å². The van der Waals surface area contributed by atoms with Gasteiger partial charge < -0.3 is 5.11 Å². The summed E-state index contributed by atoms with van der Waals surface area (Å²) in [5.41, 5.74) is 3.79. The van der Waals surface area contributed by atoms with Gasteiger partial charge in [-0.05, 0) is 23.1 Å². The van der Waals surface area contributed by atoms with Crippen LogP contribution in [0.1, 0.15) is 17.5 Å². The minimum Gasteiger partial charge on any atom is -0.400 e. The third-order valence-corrected chi connectivity index (χ3v) is 4.14. The summed E-state index contributed by atoms with van der Waals surface area (Å²) in [5.74, 6) is 0. The van der Waals surface area contributed by atoms with E-state index in [9.17, 15) is 0 Å². The second kappa shape index (κ2) is 7.30. The van der Waals surface area contributed by atoms with Crippen molar-refractivity contribution in [2.24, 2.45) is 0 Å². The molecule has 2 heteroatoms. The molecule has 0 fully saturated rings. The van der Waals surface area contributed by atoms with Gasteiger partial charge in [-0.3, -0.25) is 0 Å². The van der Waals surface area contributed by atoms with Crippen LogP contribution in [0.5, 0.6) is 0 Å². The first-order valence-corrected chi connectivity index (χ1v) is 7.40. The molecular formula is C19H20OS. The molecule has 1 unspecified atom stereocenters. The van der Waals surface area contributed by atoms with E-state index in [1.807, 2.05) is 12.1 Å². The number of rotatable bonds is 2. The van der Waals surface area contributed by atoms with E-state index in [4.69, 9.17) is 17.7 Å². The Kier molecular flexibility index (Phi) is 5.43. The van der Waals surface area contributed by atoms with Crippen molar-refractivity contribution in [3.8, 4) is 0 Å². The molecule has 0 radical (unpaired) electrons. The number of allylic oxidation sites excluding steroid dienone is 3. The molecule has 2 aromatic rings. The summed E-state index contributed by atoms with van der Waals surface area (Å²) in [5, 5.41) is 7.00. The molecule has 0 saturated heterocycles. The van der Waals surface area contributed by atoms with Crippen LogP contribution >= 0.6 is 12.6 Å². The molecule has 1 aliphatic carbocycles. The highest BCUT2D eigenvalue weighted by Crippen LogP contribution is 2.39. The maximum absolute atomic E-state index is 7.00. The summed E-state index contributed by atoms with van der Waals surface area (Å²) < 4.78 is -0.181. The minimum atomic E-state index is -0.181. The number of hydrogen-bond acceptors (Lipinski definition) is 2. The fourth-order valence-electron chi connectivity index (χ4n) is 2.41. The lowest BCUT2D eigenvalue weighted by Crippen LogP contribution is -2.16. The van der Waals surface area contributed by atoms with Gasteiger partial charge in [-0.1, -0.05) is 78.9 Å². The van der Waals surface area contributed by atoms with Gasteiger partial charge in [0, 0.05) is 7.11 Å². The number of hydrogen-bond donors (Lipinski definition) is 2. The molecule has 0 bridgehead atoms. The summed E-state index contributed by atoms with van der Waals surface area (Å²) in [4.78, 5) is 0. The lowest BCUT2D eigenvalue weighted by molar-refractivity contribution is 0.399. The van der Waals surface area contributed by atoms with Crippen molar-refractivity contribution < 1.29 is 5.11 Å². The average Bonchev–Trinajstić information content (AvgIpc) is 2.59. The van der Waals surface area contributed by atoms with Crippen LogP contribution in [0.15, 0.2) is 78.9 Å². The molecule has 1 atom stereocenters. The van der Waals surface area contributed by atoms with Crippen LogP contribution in [0.4, 0.5) is 0 Å². The van der Waals surface area contributed by atoms with Gasteiger partial charge in [0.25, 0.3) is 0 Å². The molecule has 1 N–H and O–H groups in total. The van der Waals surface area contributed by atoms with Crippen molar-refractivity contribution in [1.29, 1.82) is 0 Å². The van der Waals surface area contributed by atoms with E-state index in [0.717, 1.165) is 13.5 Å². The van der Waals surface area contributed by atoms with Crippen LogP contribution in [0.25, 0.3) is 5.57 Å². The molecule has 0 aromatic heterocycles. The molecule has 108 valence electrons. The summed E-state index contributed by atoms with van der Waals surface area (Å²) in [7, 11) is 1.00. The quantitative estimate of drug-likeness (QED) is 0.784. The molecule has 1 aliphatic rings. The van der Waals surface area contributed by atoms with Gasteiger partial charge in [0.1, 0.15) is 0 Å². The van der Waals surface area contributed by atoms with E-state index < -0.39 is 0 Å². The van der Waals surface area contributed by atoms with Crippen LogP contribution in [0, 0.1) is 0 Å². The summed E-state index contributed by atoms with van der Waals surface area (Å²) >= 11 is 4.86. The Bertz CT molecular complexity index is 617. The molecule has 21 heavy (non-hydrogen) atoms. The van der Waals surface area contributed by atoms with Crippen LogP contribution < -0.4 is 0 Å². The summed E-state index contributed by atoms with van der Waals surface area (Å²) in [6.07, 6.45) is 7.57. The molecule has 0 heterocycles. The Morgan fingerprint density at radius 2 is 1.48 bits per heavy atom. The fraction of sp³-hybridized carbons (Fsp3) is 0.158. The minimum absolute atomic E-state index is 0.181. The predicted octanol–water partition coefficient (Wildman–Crippen LogP) is 4.46. The van der Waals surface area contributed by atoms with Crippen LogP contribution in [0.3, 0.4) is 0 Å². The SMILES string of the molecule is CO.SC1(c2ccccc2)C=CC(c2ccccc2)=CC1. The first-order chi connectivity index (χ1) is 10.3. The number of thiol groups is 1. The van der Waals surface area contributed by atoms with Crippen molar-refractivity contribution in [2.45, 2.75) is 11.2 Å². The van der Waals surface area contributed by atoms with E-state index in [1.54, 1.807) is 0 Å². The average molecular weight is 296 g/mol. The van der Waals surface area contributed by atoms with E-state index in [1.165, 1.54) is 16.7 Å². The zero-order chi connectivity index (χ0) is 15.1. The van der Waals surface area contributed by atoms with Gasteiger partial charge in [0.15, 0.2) is 0 Å². The molecule has 3 rings (SSSR count). The van der Waals surface area contributed by atoms with Crippen molar-refractivity contribution >= 4 is 18.2 Å². The lowest BCUT2D eigenvalue weighted by atomic mass is 9.87. The topological polar surface area (TPSA) is 20.2 Å². The molecule has 1 nitrogen and oxygen atoms in total. The van der Waals surface area contributed by atoms with Crippen molar-refractivity contribution in [3.05, 3.63) is 90.0 Å². The smallest absolute Gasteiger partial charge is 0.0595 e. The molecule has 2 aromatic carbocycles. The van der Waals surface area contributed by atoms with Gasteiger partial charge in [0.2, 0.25) is 0 Å². The number of benzene rings is 2. The van der Waals surface area contributed by atoms with Crippen LogP contribution in [-0.2, 0) is 4.75 Å². The van der Waals surface area contributed by atoms with Crippen molar-refractivity contribution in [3.63, 3.8) is 0 Å². The highest BCUT2D eigenvalue weighted by atomic mass is 32.1. The van der Waals surface area contributed by atoms with Crippen LogP contribution in [-0.4, -0.2) is 12.2 Å². The largest absolute Gasteiger partial charge is 0.400 e. The van der Waals surface area contributed by atoms with Gasteiger partial charge in [-0.25, -0.2) is 0 Å². The highest BCUT2D eigenvalue weighted by Gasteiger charge is 2.25. The van der Waals surface area contributed by atoms with Crippen LogP contribution in [0.2, 0.25) is 0 Å². The molecule has 0 spiro atoms. The Labute approximate surface area is 132 Å². The summed E-state index contributed by atoms with van der Waals surface area (Å²) in [6.45, 7) is 0. The monoisotopic (exact) mass is 296 g/mol. The second-order valence-corrected chi connectivity index (χ2v) is 5.65. The normalized spacial score (nSPS) is 20.2. The lowest BCUT2D eigenvalue weighted by Gasteiger charge is -2.27. The van der Waals surface area contributed by atoms with E-state index in [-0.39, 0.29) is 4.75 Å². The van der Waals surface area contributed by atoms with Crippen molar-refractivity contribution in [1.82, 2.24) is 0 Å². The maximum Gasteiger partial charge on any atom is 0.0595 e. The molecule has 0 aliphatic heterocycles. The Morgan fingerprint density at radius 1 is 0.905 bits per heavy atom. The second-order valence-electron chi connectivity index (χ2n) is 4.85.